The van der Waals surface area contributed by atoms with Crippen LogP contribution in [0.4, 0.5) is 0 Å². The summed E-state index contributed by atoms with van der Waals surface area (Å²) in [7, 11) is 1.89. The zero-order valence-electron chi connectivity index (χ0n) is 10.4. The Bertz CT molecular complexity index is 383. The van der Waals surface area contributed by atoms with Crippen LogP contribution < -0.4 is 0 Å². The Morgan fingerprint density at radius 2 is 2.12 bits per heavy atom. The van der Waals surface area contributed by atoms with Gasteiger partial charge in [0.05, 0.1) is 15.9 Å². The standard InChI is InChI=1S/C12H19BrN2O/c1-5-10-12(13)11(15(4)14-10)7-9(16)6-8(2)3/h8H,5-7H2,1-4H3. The maximum atomic E-state index is 11.8. The van der Waals surface area contributed by atoms with E-state index in [1.54, 1.807) is 4.68 Å². The minimum Gasteiger partial charge on any atom is -0.299 e. The number of hydrogen-bond donors (Lipinski definition) is 0. The molecule has 0 saturated heterocycles. The minimum atomic E-state index is 0.279. The van der Waals surface area contributed by atoms with E-state index in [-0.39, 0.29) is 5.78 Å². The second kappa shape index (κ2) is 5.62. The highest BCUT2D eigenvalue weighted by Gasteiger charge is 2.16. The predicted octanol–water partition coefficient (Wildman–Crippen LogP) is 2.90. The molecule has 1 aromatic rings. The molecule has 1 rings (SSSR count). The molecule has 0 fully saturated rings. The lowest BCUT2D eigenvalue weighted by atomic mass is 10.0. The number of rotatable bonds is 5. The third-order valence-corrected chi connectivity index (χ3v) is 3.42. The Hall–Kier alpha value is -0.640. The van der Waals surface area contributed by atoms with E-state index in [0.717, 1.165) is 22.3 Å². The SMILES string of the molecule is CCc1nn(C)c(CC(=O)CC(C)C)c1Br. The number of ketones is 1. The summed E-state index contributed by atoms with van der Waals surface area (Å²) in [6.07, 6.45) is 1.99. The first-order valence-corrected chi connectivity index (χ1v) is 6.46. The summed E-state index contributed by atoms with van der Waals surface area (Å²) < 4.78 is 2.80. The van der Waals surface area contributed by atoms with Crippen molar-refractivity contribution in [2.24, 2.45) is 13.0 Å². The zero-order chi connectivity index (χ0) is 12.3. The fourth-order valence-corrected chi connectivity index (χ4v) is 2.48. The number of carbonyl (C=O) groups excluding carboxylic acids is 1. The van der Waals surface area contributed by atoms with Gasteiger partial charge in [0.1, 0.15) is 5.78 Å². The van der Waals surface area contributed by atoms with Gasteiger partial charge in [-0.3, -0.25) is 9.48 Å². The van der Waals surface area contributed by atoms with Crippen molar-refractivity contribution < 1.29 is 4.79 Å². The van der Waals surface area contributed by atoms with Crippen LogP contribution in [0.25, 0.3) is 0 Å². The van der Waals surface area contributed by atoms with Crippen LogP contribution in [-0.4, -0.2) is 15.6 Å². The van der Waals surface area contributed by atoms with Gasteiger partial charge in [-0.2, -0.15) is 5.10 Å². The van der Waals surface area contributed by atoms with Crippen LogP contribution in [0.3, 0.4) is 0 Å². The number of carbonyl (C=O) groups is 1. The Kier molecular flexibility index (Phi) is 4.71. The molecule has 0 saturated carbocycles. The third kappa shape index (κ3) is 3.17. The van der Waals surface area contributed by atoms with Gasteiger partial charge in [0, 0.05) is 19.9 Å². The summed E-state index contributed by atoms with van der Waals surface area (Å²) in [4.78, 5) is 11.8. The summed E-state index contributed by atoms with van der Waals surface area (Å²) in [6.45, 7) is 6.19. The lowest BCUT2D eigenvalue weighted by Crippen LogP contribution is -2.10. The van der Waals surface area contributed by atoms with E-state index in [0.29, 0.717) is 18.8 Å². The fraction of sp³-hybridized carbons (Fsp3) is 0.667. The number of Topliss-reactive ketones (excluding diaryl/α,β-unsaturated/α-hetero) is 1. The topological polar surface area (TPSA) is 34.9 Å². The van der Waals surface area contributed by atoms with Gasteiger partial charge < -0.3 is 0 Å². The summed E-state index contributed by atoms with van der Waals surface area (Å²) in [5.74, 6) is 0.700. The van der Waals surface area contributed by atoms with Crippen molar-refractivity contribution in [2.75, 3.05) is 0 Å². The maximum Gasteiger partial charge on any atom is 0.139 e. The van der Waals surface area contributed by atoms with Crippen LogP contribution in [0, 0.1) is 5.92 Å². The van der Waals surface area contributed by atoms with Crippen molar-refractivity contribution in [3.8, 4) is 0 Å². The Morgan fingerprint density at radius 1 is 1.50 bits per heavy atom. The van der Waals surface area contributed by atoms with Crippen LogP contribution in [0.15, 0.2) is 4.47 Å². The number of halogens is 1. The van der Waals surface area contributed by atoms with Gasteiger partial charge in [-0.15, -0.1) is 0 Å². The molecule has 0 aliphatic rings. The molecule has 0 spiro atoms. The highest BCUT2D eigenvalue weighted by atomic mass is 79.9. The lowest BCUT2D eigenvalue weighted by Gasteiger charge is -2.04. The van der Waals surface area contributed by atoms with Gasteiger partial charge in [0.25, 0.3) is 0 Å². The normalized spacial score (nSPS) is 11.1. The molecule has 1 aromatic heterocycles. The molecule has 1 heterocycles. The number of aromatic nitrogens is 2. The van der Waals surface area contributed by atoms with E-state index in [1.165, 1.54) is 0 Å². The van der Waals surface area contributed by atoms with Gasteiger partial charge in [0.15, 0.2) is 0 Å². The Morgan fingerprint density at radius 3 is 2.56 bits per heavy atom. The molecule has 16 heavy (non-hydrogen) atoms. The average molecular weight is 287 g/mol. The highest BCUT2D eigenvalue weighted by Crippen LogP contribution is 2.22. The van der Waals surface area contributed by atoms with Crippen LogP contribution in [-0.2, 0) is 24.7 Å². The van der Waals surface area contributed by atoms with Crippen LogP contribution in [0.1, 0.15) is 38.6 Å². The molecule has 0 amide bonds. The summed E-state index contributed by atoms with van der Waals surface area (Å²) in [5, 5.41) is 4.38. The fourth-order valence-electron chi connectivity index (χ4n) is 1.73. The lowest BCUT2D eigenvalue weighted by molar-refractivity contribution is -0.119. The molecule has 0 atom stereocenters. The van der Waals surface area contributed by atoms with Gasteiger partial charge in [0.2, 0.25) is 0 Å². The molecular weight excluding hydrogens is 268 g/mol. The van der Waals surface area contributed by atoms with E-state index < -0.39 is 0 Å². The predicted molar refractivity (Wildman–Crippen MR) is 68.5 cm³/mol. The van der Waals surface area contributed by atoms with Crippen LogP contribution in [0.2, 0.25) is 0 Å². The van der Waals surface area contributed by atoms with Gasteiger partial charge in [-0.05, 0) is 28.3 Å². The largest absolute Gasteiger partial charge is 0.299 e. The van der Waals surface area contributed by atoms with Crippen molar-refractivity contribution in [2.45, 2.75) is 40.0 Å². The molecule has 90 valence electrons. The van der Waals surface area contributed by atoms with Crippen molar-refractivity contribution in [3.63, 3.8) is 0 Å². The summed E-state index contributed by atoms with van der Waals surface area (Å²) >= 11 is 3.52. The quantitative estimate of drug-likeness (QED) is 0.834. The van der Waals surface area contributed by atoms with Crippen molar-refractivity contribution >= 4 is 21.7 Å². The first kappa shape index (κ1) is 13.4. The van der Waals surface area contributed by atoms with E-state index >= 15 is 0 Å². The Labute approximate surface area is 105 Å². The van der Waals surface area contributed by atoms with Crippen LogP contribution in [0.5, 0.6) is 0 Å². The molecule has 0 aromatic carbocycles. The first-order valence-electron chi connectivity index (χ1n) is 5.67. The smallest absolute Gasteiger partial charge is 0.139 e. The molecule has 4 heteroatoms. The number of aryl methyl sites for hydroxylation is 2. The highest BCUT2D eigenvalue weighted by molar-refractivity contribution is 9.10. The first-order chi connectivity index (χ1) is 7.45. The maximum absolute atomic E-state index is 11.8. The van der Waals surface area contributed by atoms with Gasteiger partial charge in [-0.1, -0.05) is 20.8 Å². The van der Waals surface area contributed by atoms with Crippen molar-refractivity contribution in [3.05, 3.63) is 15.9 Å². The molecular formula is C12H19BrN2O. The van der Waals surface area contributed by atoms with E-state index in [9.17, 15) is 4.79 Å². The average Bonchev–Trinajstić information content (AvgIpc) is 2.44. The second-order valence-corrected chi connectivity index (χ2v) is 5.29. The number of nitrogens with zero attached hydrogens (tertiary/aromatic N) is 2. The molecule has 0 unspecified atom stereocenters. The van der Waals surface area contributed by atoms with Crippen molar-refractivity contribution in [1.82, 2.24) is 9.78 Å². The molecule has 0 radical (unpaired) electrons. The third-order valence-electron chi connectivity index (χ3n) is 2.50. The Balaban J connectivity index is 2.81. The molecule has 0 bridgehead atoms. The molecule has 3 nitrogen and oxygen atoms in total. The van der Waals surface area contributed by atoms with Crippen LogP contribution >= 0.6 is 15.9 Å². The summed E-state index contributed by atoms with van der Waals surface area (Å²) in [5.41, 5.74) is 2.01. The molecule has 0 aliphatic heterocycles. The molecule has 0 N–H and O–H groups in total. The second-order valence-electron chi connectivity index (χ2n) is 4.50. The van der Waals surface area contributed by atoms with Crippen molar-refractivity contribution in [1.29, 1.82) is 0 Å². The molecule has 0 aliphatic carbocycles. The van der Waals surface area contributed by atoms with E-state index in [1.807, 2.05) is 7.05 Å². The van der Waals surface area contributed by atoms with Gasteiger partial charge >= 0.3 is 0 Å². The van der Waals surface area contributed by atoms with E-state index in [4.69, 9.17) is 0 Å². The van der Waals surface area contributed by atoms with E-state index in [2.05, 4.69) is 41.8 Å². The minimum absolute atomic E-state index is 0.279. The zero-order valence-corrected chi connectivity index (χ0v) is 12.0. The van der Waals surface area contributed by atoms with Gasteiger partial charge in [-0.25, -0.2) is 0 Å². The number of hydrogen-bond acceptors (Lipinski definition) is 2. The summed E-state index contributed by atoms with van der Waals surface area (Å²) in [6, 6.07) is 0. The monoisotopic (exact) mass is 286 g/mol.